The van der Waals surface area contributed by atoms with Gasteiger partial charge in [-0.05, 0) is 5.41 Å². The minimum Gasteiger partial charge on any atom is -0.457 e. The Labute approximate surface area is 128 Å². The Morgan fingerprint density at radius 3 is 1.81 bits per heavy atom. The van der Waals surface area contributed by atoms with E-state index >= 15 is 0 Å². The van der Waals surface area contributed by atoms with Crippen molar-refractivity contribution >= 4 is 11.1 Å². The van der Waals surface area contributed by atoms with Crippen LogP contribution in [0.3, 0.4) is 0 Å². The number of rotatable bonds is 0. The summed E-state index contributed by atoms with van der Waals surface area (Å²) in [6.07, 6.45) is 1.83. The molecule has 0 aliphatic rings. The van der Waals surface area contributed by atoms with E-state index in [0.29, 0.717) is 0 Å². The van der Waals surface area contributed by atoms with Gasteiger partial charge in [0.25, 0.3) is 0 Å². The molecule has 3 heteroatoms. The highest BCUT2D eigenvalue weighted by Crippen LogP contribution is 2.40. The zero-order valence-electron chi connectivity index (χ0n) is 14.9. The summed E-state index contributed by atoms with van der Waals surface area (Å²) in [6, 6.07) is 0. The number of aromatic nitrogens is 2. The van der Waals surface area contributed by atoms with E-state index in [-0.39, 0.29) is 16.2 Å². The quantitative estimate of drug-likeness (QED) is 0.675. The Balaban J connectivity index is 2.85. The van der Waals surface area contributed by atoms with Crippen molar-refractivity contribution in [1.29, 1.82) is 0 Å². The van der Waals surface area contributed by atoms with E-state index < -0.39 is 0 Å². The highest BCUT2D eigenvalue weighted by Gasteiger charge is 2.33. The van der Waals surface area contributed by atoms with E-state index in [1.807, 2.05) is 6.20 Å². The molecule has 0 amide bonds. The number of fused-ring (bicyclic) bond motifs is 1. The van der Waals surface area contributed by atoms with E-state index in [9.17, 15) is 0 Å². The molecule has 0 unspecified atom stereocenters. The molecular formula is C18H28N2O. The molecule has 2 heterocycles. The Morgan fingerprint density at radius 1 is 0.810 bits per heavy atom. The summed E-state index contributed by atoms with van der Waals surface area (Å²) in [4.78, 5) is 9.33. The first-order valence-electron chi connectivity index (χ1n) is 7.63. The lowest BCUT2D eigenvalue weighted by Crippen LogP contribution is -2.21. The van der Waals surface area contributed by atoms with E-state index in [1.165, 1.54) is 5.56 Å². The van der Waals surface area contributed by atoms with Gasteiger partial charge in [-0.1, -0.05) is 62.3 Å². The fourth-order valence-electron chi connectivity index (χ4n) is 2.48. The minimum atomic E-state index is -0.0670. The van der Waals surface area contributed by atoms with Gasteiger partial charge in [0.2, 0.25) is 0 Å². The number of nitrogens with zero attached hydrogens (tertiary/aromatic N) is 2. The van der Waals surface area contributed by atoms with Gasteiger partial charge < -0.3 is 4.42 Å². The van der Waals surface area contributed by atoms with Crippen molar-refractivity contribution in [1.82, 2.24) is 9.97 Å². The number of furan rings is 1. The van der Waals surface area contributed by atoms with E-state index in [4.69, 9.17) is 9.40 Å². The molecule has 0 atom stereocenters. The van der Waals surface area contributed by atoms with E-state index in [2.05, 4.69) is 67.3 Å². The normalized spacial score (nSPS) is 14.0. The van der Waals surface area contributed by atoms with Crippen molar-refractivity contribution in [2.75, 3.05) is 0 Å². The van der Waals surface area contributed by atoms with Crippen LogP contribution in [0.4, 0.5) is 0 Å². The molecule has 0 spiro atoms. The molecule has 0 bridgehead atoms. The molecule has 0 N–H and O–H groups in total. The average molecular weight is 288 g/mol. The molecule has 21 heavy (non-hydrogen) atoms. The molecule has 2 aromatic rings. The van der Waals surface area contributed by atoms with Crippen LogP contribution in [-0.4, -0.2) is 9.97 Å². The lowest BCUT2D eigenvalue weighted by molar-refractivity contribution is 0.409. The highest BCUT2D eigenvalue weighted by atomic mass is 16.3. The molecule has 3 nitrogen and oxygen atoms in total. The first-order chi connectivity index (χ1) is 9.32. The fourth-order valence-corrected chi connectivity index (χ4v) is 2.48. The van der Waals surface area contributed by atoms with Gasteiger partial charge in [0.15, 0.2) is 5.58 Å². The largest absolute Gasteiger partial charge is 0.457 e. The molecule has 116 valence electrons. The predicted octanol–water partition coefficient (Wildman–Crippen LogP) is 5.12. The van der Waals surface area contributed by atoms with Crippen LogP contribution in [0.5, 0.6) is 0 Å². The molecule has 2 rings (SSSR count). The third-order valence-corrected chi connectivity index (χ3v) is 3.53. The van der Waals surface area contributed by atoms with Gasteiger partial charge in [-0.25, -0.2) is 9.97 Å². The van der Waals surface area contributed by atoms with Gasteiger partial charge >= 0.3 is 0 Å². The van der Waals surface area contributed by atoms with Crippen molar-refractivity contribution in [2.24, 2.45) is 0 Å². The van der Waals surface area contributed by atoms with Crippen LogP contribution in [0.2, 0.25) is 0 Å². The van der Waals surface area contributed by atoms with Crippen molar-refractivity contribution < 1.29 is 4.42 Å². The summed E-state index contributed by atoms with van der Waals surface area (Å²) < 4.78 is 6.13. The van der Waals surface area contributed by atoms with Crippen LogP contribution in [0.15, 0.2) is 10.6 Å². The summed E-state index contributed by atoms with van der Waals surface area (Å²) in [7, 11) is 0. The molecule has 0 aliphatic heterocycles. The Kier molecular flexibility index (Phi) is 3.47. The molecular weight excluding hydrogens is 260 g/mol. The van der Waals surface area contributed by atoms with Crippen molar-refractivity contribution in [2.45, 2.75) is 78.6 Å². The topological polar surface area (TPSA) is 38.9 Å². The summed E-state index contributed by atoms with van der Waals surface area (Å²) in [6.45, 7) is 19.6. The SMILES string of the molecule is CC(C)(C)c1ncc2oc(C(C)(C)C)c(C(C)(C)C)c2n1. The highest BCUT2D eigenvalue weighted by molar-refractivity contribution is 5.79. The van der Waals surface area contributed by atoms with Gasteiger partial charge in [0, 0.05) is 16.4 Å². The second-order valence-corrected chi connectivity index (χ2v) is 8.96. The third-order valence-electron chi connectivity index (χ3n) is 3.53. The van der Waals surface area contributed by atoms with Crippen molar-refractivity contribution in [3.8, 4) is 0 Å². The lowest BCUT2D eigenvalue weighted by atomic mass is 9.79. The second-order valence-electron chi connectivity index (χ2n) is 8.96. The van der Waals surface area contributed by atoms with Crippen LogP contribution in [0.25, 0.3) is 11.1 Å². The summed E-state index contributed by atoms with van der Waals surface area (Å²) in [5, 5.41) is 0. The molecule has 0 saturated carbocycles. The monoisotopic (exact) mass is 288 g/mol. The molecule has 0 radical (unpaired) electrons. The summed E-state index contributed by atoms with van der Waals surface area (Å²) in [5.41, 5.74) is 2.83. The van der Waals surface area contributed by atoms with Crippen molar-refractivity contribution in [3.63, 3.8) is 0 Å². The van der Waals surface area contributed by atoms with Crippen LogP contribution in [0, 0.1) is 0 Å². The van der Waals surface area contributed by atoms with Crippen LogP contribution in [0.1, 0.15) is 79.5 Å². The van der Waals surface area contributed by atoms with E-state index in [0.717, 1.165) is 22.7 Å². The molecule has 0 fully saturated rings. The van der Waals surface area contributed by atoms with Crippen molar-refractivity contribution in [3.05, 3.63) is 23.3 Å². The maximum Gasteiger partial charge on any atom is 0.171 e. The Bertz CT molecular complexity index is 661. The zero-order chi connectivity index (χ0) is 16.2. The maximum atomic E-state index is 6.13. The minimum absolute atomic E-state index is 0.0165. The number of hydrogen-bond donors (Lipinski definition) is 0. The van der Waals surface area contributed by atoms with Gasteiger partial charge in [-0.15, -0.1) is 0 Å². The first-order valence-corrected chi connectivity index (χ1v) is 7.63. The zero-order valence-corrected chi connectivity index (χ0v) is 14.9. The van der Waals surface area contributed by atoms with Gasteiger partial charge in [0.1, 0.15) is 17.1 Å². The fraction of sp³-hybridized carbons (Fsp3) is 0.667. The van der Waals surface area contributed by atoms with E-state index in [1.54, 1.807) is 0 Å². The van der Waals surface area contributed by atoms with Gasteiger partial charge in [-0.3, -0.25) is 0 Å². The molecule has 0 aliphatic carbocycles. The molecule has 0 aromatic carbocycles. The third kappa shape index (κ3) is 2.97. The molecule has 0 saturated heterocycles. The summed E-state index contributed by atoms with van der Waals surface area (Å²) >= 11 is 0. The van der Waals surface area contributed by atoms with Gasteiger partial charge in [-0.2, -0.15) is 0 Å². The first kappa shape index (κ1) is 16.0. The lowest BCUT2D eigenvalue weighted by Gasteiger charge is -2.25. The smallest absolute Gasteiger partial charge is 0.171 e. The standard InChI is InChI=1S/C18H28N2O/c1-16(2,3)12-13-11(21-14(12)17(4,5)6)10-19-15(20-13)18(7,8)9/h10H,1-9H3. The van der Waals surface area contributed by atoms with Crippen LogP contribution >= 0.6 is 0 Å². The Morgan fingerprint density at radius 2 is 1.38 bits per heavy atom. The second kappa shape index (κ2) is 4.56. The Hall–Kier alpha value is -1.38. The predicted molar refractivity (Wildman–Crippen MR) is 87.9 cm³/mol. The number of hydrogen-bond acceptors (Lipinski definition) is 3. The van der Waals surface area contributed by atoms with Crippen LogP contribution < -0.4 is 0 Å². The summed E-state index contributed by atoms with van der Waals surface area (Å²) in [5.74, 6) is 1.88. The van der Waals surface area contributed by atoms with Crippen LogP contribution in [-0.2, 0) is 16.2 Å². The van der Waals surface area contributed by atoms with Gasteiger partial charge in [0.05, 0.1) is 6.20 Å². The average Bonchev–Trinajstić information content (AvgIpc) is 2.64. The maximum absolute atomic E-state index is 6.13. The molecule has 2 aromatic heterocycles.